The highest BCUT2D eigenvalue weighted by Crippen LogP contribution is 2.39. The second kappa shape index (κ2) is 9.66. The number of hydrogen-bond donors (Lipinski definition) is 1. The van der Waals surface area contributed by atoms with Crippen LogP contribution in [-0.4, -0.2) is 72.6 Å². The summed E-state index contributed by atoms with van der Waals surface area (Å²) in [4.78, 5) is 42.5. The molecule has 0 bridgehead atoms. The molecule has 0 saturated carbocycles. The number of methoxy groups -OCH3 is 1. The summed E-state index contributed by atoms with van der Waals surface area (Å²) in [6.07, 6.45) is 3.06. The van der Waals surface area contributed by atoms with Crippen molar-refractivity contribution in [1.29, 1.82) is 0 Å². The smallest absolute Gasteiger partial charge is 0.289 e. The summed E-state index contributed by atoms with van der Waals surface area (Å²) >= 11 is 0. The second-order valence-corrected chi connectivity index (χ2v) is 8.24. The number of ether oxygens (including phenoxy) is 2. The maximum Gasteiger partial charge on any atom is 0.289 e. The van der Waals surface area contributed by atoms with Crippen LogP contribution < -0.4 is 10.1 Å². The van der Waals surface area contributed by atoms with Crippen LogP contribution in [0.25, 0.3) is 0 Å². The quantitative estimate of drug-likeness (QED) is 0.717. The normalized spacial score (nSPS) is 19.5. The fourth-order valence-electron chi connectivity index (χ4n) is 4.42. The fraction of sp³-hybridized carbons (Fsp3) is 0.458. The Balaban J connectivity index is 1.57. The number of nitrogens with one attached hydrogen (secondary N) is 1. The van der Waals surface area contributed by atoms with Crippen molar-refractivity contribution in [3.05, 3.63) is 54.0 Å². The maximum atomic E-state index is 13.6. The monoisotopic (exact) mass is 455 g/mol. The standard InChI is InChI=1S/C24H29N3O6/c1-3-12-25-21(28)19-16-33-24(27(19)22(29)17-6-8-18(31-2)9-7-17)10-13-26(14-11-24)23(30)20-5-4-15-32-20/h4-9,15,19H,3,10-14,16H2,1-2H3,(H,25,28)/t19-/m1/s1. The van der Waals surface area contributed by atoms with Gasteiger partial charge in [-0.3, -0.25) is 19.3 Å². The highest BCUT2D eigenvalue weighted by molar-refractivity contribution is 5.98. The lowest BCUT2D eigenvalue weighted by molar-refractivity contribution is -0.128. The van der Waals surface area contributed by atoms with Crippen LogP contribution in [0.15, 0.2) is 47.1 Å². The van der Waals surface area contributed by atoms with E-state index in [1.807, 2.05) is 6.92 Å². The van der Waals surface area contributed by atoms with E-state index in [9.17, 15) is 14.4 Å². The van der Waals surface area contributed by atoms with Crippen LogP contribution in [0, 0.1) is 0 Å². The van der Waals surface area contributed by atoms with Gasteiger partial charge in [0.15, 0.2) is 5.76 Å². The van der Waals surface area contributed by atoms with Crippen molar-refractivity contribution in [2.45, 2.75) is 38.0 Å². The van der Waals surface area contributed by atoms with Crippen LogP contribution in [0.4, 0.5) is 0 Å². The topological polar surface area (TPSA) is 101 Å². The van der Waals surface area contributed by atoms with Gasteiger partial charge in [0, 0.05) is 38.0 Å². The third-order valence-corrected chi connectivity index (χ3v) is 6.23. The van der Waals surface area contributed by atoms with Crippen molar-refractivity contribution < 1.29 is 28.3 Å². The molecule has 0 aliphatic carbocycles. The van der Waals surface area contributed by atoms with Crippen LogP contribution in [0.1, 0.15) is 47.1 Å². The van der Waals surface area contributed by atoms with Crippen molar-refractivity contribution >= 4 is 17.7 Å². The Hall–Kier alpha value is -3.33. The number of benzene rings is 1. The first-order valence-electron chi connectivity index (χ1n) is 11.2. The number of hydrogen-bond acceptors (Lipinski definition) is 6. The highest BCUT2D eigenvalue weighted by atomic mass is 16.5. The number of furan rings is 1. The number of carbonyl (C=O) groups is 3. The summed E-state index contributed by atoms with van der Waals surface area (Å²) in [6, 6.07) is 9.37. The average Bonchev–Trinajstić information content (AvgIpc) is 3.51. The molecule has 1 spiro atoms. The summed E-state index contributed by atoms with van der Waals surface area (Å²) in [5.74, 6) is 0.211. The Kier molecular flexibility index (Phi) is 6.69. The van der Waals surface area contributed by atoms with Crippen LogP contribution in [0.5, 0.6) is 5.75 Å². The molecule has 2 aliphatic heterocycles. The Morgan fingerprint density at radius 1 is 1.12 bits per heavy atom. The van der Waals surface area contributed by atoms with E-state index in [2.05, 4.69) is 5.32 Å². The molecule has 1 aromatic heterocycles. The van der Waals surface area contributed by atoms with Gasteiger partial charge in [-0.05, 0) is 42.8 Å². The molecule has 4 rings (SSSR count). The van der Waals surface area contributed by atoms with E-state index in [4.69, 9.17) is 13.9 Å². The molecule has 9 heteroatoms. The zero-order valence-electron chi connectivity index (χ0n) is 18.9. The van der Waals surface area contributed by atoms with E-state index in [1.54, 1.807) is 53.3 Å². The van der Waals surface area contributed by atoms with E-state index < -0.39 is 11.8 Å². The molecule has 176 valence electrons. The molecule has 3 heterocycles. The van der Waals surface area contributed by atoms with Crippen molar-refractivity contribution in [3.63, 3.8) is 0 Å². The van der Waals surface area contributed by atoms with Gasteiger partial charge < -0.3 is 24.1 Å². The van der Waals surface area contributed by atoms with Crippen molar-refractivity contribution in [2.24, 2.45) is 0 Å². The fourth-order valence-corrected chi connectivity index (χ4v) is 4.42. The van der Waals surface area contributed by atoms with Crippen molar-refractivity contribution in [1.82, 2.24) is 15.1 Å². The molecule has 9 nitrogen and oxygen atoms in total. The lowest BCUT2D eigenvalue weighted by Gasteiger charge is -2.44. The van der Waals surface area contributed by atoms with E-state index in [0.717, 1.165) is 6.42 Å². The van der Waals surface area contributed by atoms with Crippen LogP contribution in [-0.2, 0) is 9.53 Å². The first kappa shape index (κ1) is 22.8. The Bertz CT molecular complexity index is 980. The predicted molar refractivity (Wildman–Crippen MR) is 119 cm³/mol. The average molecular weight is 456 g/mol. The molecule has 0 radical (unpaired) electrons. The lowest BCUT2D eigenvalue weighted by atomic mass is 9.96. The largest absolute Gasteiger partial charge is 0.497 e. The molecular formula is C24H29N3O6. The van der Waals surface area contributed by atoms with Gasteiger partial charge >= 0.3 is 0 Å². The molecule has 2 aromatic rings. The molecular weight excluding hydrogens is 426 g/mol. The maximum absolute atomic E-state index is 13.6. The van der Waals surface area contributed by atoms with Gasteiger partial charge in [-0.1, -0.05) is 6.92 Å². The van der Waals surface area contributed by atoms with Gasteiger partial charge in [-0.2, -0.15) is 0 Å². The summed E-state index contributed by atoms with van der Waals surface area (Å²) in [7, 11) is 1.56. The number of amides is 3. The van der Waals surface area contributed by atoms with E-state index in [1.165, 1.54) is 6.26 Å². The van der Waals surface area contributed by atoms with Crippen molar-refractivity contribution in [2.75, 3.05) is 33.4 Å². The minimum atomic E-state index is -0.953. The van der Waals surface area contributed by atoms with E-state index >= 15 is 0 Å². The lowest BCUT2D eigenvalue weighted by Crippen LogP contribution is -2.59. The molecule has 2 fully saturated rings. The number of rotatable bonds is 6. The number of likely N-dealkylation sites (tertiary alicyclic amines) is 1. The third kappa shape index (κ3) is 4.45. The van der Waals surface area contributed by atoms with Crippen LogP contribution >= 0.6 is 0 Å². The molecule has 1 aromatic carbocycles. The first-order valence-corrected chi connectivity index (χ1v) is 11.2. The molecule has 1 N–H and O–H groups in total. The van der Waals surface area contributed by atoms with Gasteiger partial charge in [0.05, 0.1) is 20.0 Å². The minimum Gasteiger partial charge on any atom is -0.497 e. The number of piperidine rings is 1. The first-order chi connectivity index (χ1) is 16.0. The molecule has 2 aliphatic rings. The van der Waals surface area contributed by atoms with Gasteiger partial charge in [-0.15, -0.1) is 0 Å². The Morgan fingerprint density at radius 2 is 1.85 bits per heavy atom. The van der Waals surface area contributed by atoms with Gasteiger partial charge in [0.2, 0.25) is 5.91 Å². The Morgan fingerprint density at radius 3 is 2.45 bits per heavy atom. The zero-order valence-corrected chi connectivity index (χ0v) is 18.9. The summed E-state index contributed by atoms with van der Waals surface area (Å²) in [6.45, 7) is 3.38. The number of carbonyl (C=O) groups excluding carboxylic acids is 3. The molecule has 33 heavy (non-hydrogen) atoms. The predicted octanol–water partition coefficient (Wildman–Crippen LogP) is 2.29. The second-order valence-electron chi connectivity index (χ2n) is 8.24. The summed E-state index contributed by atoms with van der Waals surface area (Å²) < 4.78 is 16.6. The van der Waals surface area contributed by atoms with Gasteiger partial charge in [-0.25, -0.2) is 0 Å². The van der Waals surface area contributed by atoms with Crippen LogP contribution in [0.2, 0.25) is 0 Å². The molecule has 3 amide bonds. The van der Waals surface area contributed by atoms with E-state index in [0.29, 0.717) is 43.8 Å². The molecule has 0 unspecified atom stereocenters. The molecule has 1 atom stereocenters. The number of nitrogens with zero attached hydrogens (tertiary/aromatic N) is 2. The minimum absolute atomic E-state index is 0.115. The SMILES string of the molecule is CCCNC(=O)[C@H]1COC2(CCN(C(=O)c3ccco3)CC2)N1C(=O)c1ccc(OC)cc1. The third-order valence-electron chi connectivity index (χ3n) is 6.23. The summed E-state index contributed by atoms with van der Waals surface area (Å²) in [5.41, 5.74) is -0.506. The van der Waals surface area contributed by atoms with Crippen LogP contribution in [0.3, 0.4) is 0 Å². The summed E-state index contributed by atoms with van der Waals surface area (Å²) in [5, 5.41) is 2.89. The Labute approximate surface area is 192 Å². The van der Waals surface area contributed by atoms with Gasteiger partial charge in [0.25, 0.3) is 11.8 Å². The van der Waals surface area contributed by atoms with Gasteiger partial charge in [0.1, 0.15) is 17.5 Å². The molecule has 2 saturated heterocycles. The zero-order chi connectivity index (χ0) is 23.4. The highest BCUT2D eigenvalue weighted by Gasteiger charge is 2.54. The van der Waals surface area contributed by atoms with Crippen molar-refractivity contribution in [3.8, 4) is 5.75 Å². The van der Waals surface area contributed by atoms with E-state index in [-0.39, 0.29) is 30.1 Å².